The summed E-state index contributed by atoms with van der Waals surface area (Å²) in [6, 6.07) is 15.4. The minimum Gasteiger partial charge on any atom is -0.345 e. The van der Waals surface area contributed by atoms with Crippen LogP contribution in [0.25, 0.3) is 16.9 Å². The Kier molecular flexibility index (Phi) is 4.15. The normalized spacial score (nSPS) is 12.0. The van der Waals surface area contributed by atoms with Crippen molar-refractivity contribution in [2.24, 2.45) is 0 Å². The van der Waals surface area contributed by atoms with Gasteiger partial charge < -0.3 is 5.32 Å². The molecule has 0 saturated carbocycles. The second-order valence-electron chi connectivity index (χ2n) is 5.97. The number of benzene rings is 1. The predicted molar refractivity (Wildman–Crippen MR) is 98.5 cm³/mol. The lowest BCUT2D eigenvalue weighted by atomic mass is 10.1. The molecule has 0 aliphatic heterocycles. The highest BCUT2D eigenvalue weighted by atomic mass is 16.1. The maximum absolute atomic E-state index is 12.7. The van der Waals surface area contributed by atoms with Crippen molar-refractivity contribution in [3.63, 3.8) is 0 Å². The molecule has 3 heterocycles. The highest BCUT2D eigenvalue weighted by Gasteiger charge is 2.18. The summed E-state index contributed by atoms with van der Waals surface area (Å²) in [4.78, 5) is 21.1. The van der Waals surface area contributed by atoms with Crippen molar-refractivity contribution in [1.82, 2.24) is 24.9 Å². The Balaban J connectivity index is 1.66. The minimum absolute atomic E-state index is 0.141. The maximum Gasteiger partial charge on any atom is 0.257 e. The van der Waals surface area contributed by atoms with Crippen LogP contribution >= 0.6 is 0 Å². The lowest BCUT2D eigenvalue weighted by Crippen LogP contribution is -2.26. The molecule has 0 saturated heterocycles. The molecule has 0 aliphatic carbocycles. The summed E-state index contributed by atoms with van der Waals surface area (Å²) < 4.78 is 1.70. The minimum atomic E-state index is -0.206. The number of nitrogens with one attached hydrogen (secondary N) is 1. The van der Waals surface area contributed by atoms with Crippen LogP contribution in [0, 0.1) is 0 Å². The number of carbonyl (C=O) groups excluding carboxylic acids is 1. The molecule has 0 unspecified atom stereocenters. The Hall–Kier alpha value is -3.54. The fraction of sp³-hybridized carbons (Fsp3) is 0.100. The van der Waals surface area contributed by atoms with E-state index in [1.54, 1.807) is 29.3 Å². The van der Waals surface area contributed by atoms with Gasteiger partial charge in [0.05, 0.1) is 17.9 Å². The summed E-state index contributed by atoms with van der Waals surface area (Å²) >= 11 is 0. The monoisotopic (exact) mass is 343 g/mol. The summed E-state index contributed by atoms with van der Waals surface area (Å²) in [5.41, 5.74) is 3.87. The predicted octanol–water partition coefficient (Wildman–Crippen LogP) is 3.28. The van der Waals surface area contributed by atoms with E-state index in [9.17, 15) is 4.79 Å². The Labute approximate surface area is 150 Å². The van der Waals surface area contributed by atoms with E-state index >= 15 is 0 Å². The first kappa shape index (κ1) is 16.0. The number of rotatable bonds is 4. The van der Waals surface area contributed by atoms with Gasteiger partial charge in [-0.1, -0.05) is 30.3 Å². The number of aromatic nitrogens is 4. The molecule has 3 aromatic heterocycles. The molecule has 0 bridgehead atoms. The van der Waals surface area contributed by atoms with Crippen LogP contribution < -0.4 is 5.32 Å². The zero-order chi connectivity index (χ0) is 17.9. The van der Waals surface area contributed by atoms with Gasteiger partial charge in [-0.15, -0.1) is 0 Å². The van der Waals surface area contributed by atoms with Crippen molar-refractivity contribution in [3.8, 4) is 11.3 Å². The Bertz CT molecular complexity index is 1040. The lowest BCUT2D eigenvalue weighted by Gasteiger charge is -2.13. The van der Waals surface area contributed by atoms with Crippen LogP contribution in [-0.4, -0.2) is 25.5 Å². The van der Waals surface area contributed by atoms with Crippen LogP contribution in [0.3, 0.4) is 0 Å². The third-order valence-corrected chi connectivity index (χ3v) is 4.27. The fourth-order valence-electron chi connectivity index (χ4n) is 2.89. The SMILES string of the molecule is C[C@H](NC(=O)c1cnn2c(-c3ccccc3)ccnc12)c1ccncc1. The Morgan fingerprint density at radius 1 is 1.04 bits per heavy atom. The average molecular weight is 343 g/mol. The number of nitrogens with zero attached hydrogens (tertiary/aromatic N) is 4. The quantitative estimate of drug-likeness (QED) is 0.617. The fourth-order valence-corrected chi connectivity index (χ4v) is 2.89. The molecule has 4 rings (SSSR count). The zero-order valence-corrected chi connectivity index (χ0v) is 14.2. The molecule has 6 heteroatoms. The maximum atomic E-state index is 12.7. The topological polar surface area (TPSA) is 72.2 Å². The van der Waals surface area contributed by atoms with Gasteiger partial charge in [0.1, 0.15) is 5.56 Å². The molecule has 1 atom stereocenters. The van der Waals surface area contributed by atoms with E-state index in [4.69, 9.17) is 0 Å². The number of fused-ring (bicyclic) bond motifs is 1. The molecule has 26 heavy (non-hydrogen) atoms. The van der Waals surface area contributed by atoms with Gasteiger partial charge in [0.2, 0.25) is 0 Å². The molecule has 128 valence electrons. The van der Waals surface area contributed by atoms with Crippen LogP contribution in [0.4, 0.5) is 0 Å². The molecule has 0 spiro atoms. The number of hydrogen-bond donors (Lipinski definition) is 1. The van der Waals surface area contributed by atoms with Gasteiger partial charge in [-0.25, -0.2) is 9.50 Å². The van der Waals surface area contributed by atoms with Crippen molar-refractivity contribution >= 4 is 11.6 Å². The largest absolute Gasteiger partial charge is 0.345 e. The Morgan fingerprint density at radius 2 is 1.81 bits per heavy atom. The molecular weight excluding hydrogens is 326 g/mol. The standard InChI is InChI=1S/C20H17N5O/c1-14(15-7-10-21-11-8-15)24-20(26)17-13-23-25-18(9-12-22-19(17)25)16-5-3-2-4-6-16/h2-14H,1H3,(H,24,26)/t14-/m0/s1. The highest BCUT2D eigenvalue weighted by molar-refractivity contribution is 6.00. The molecule has 1 N–H and O–H groups in total. The van der Waals surface area contributed by atoms with E-state index in [0.29, 0.717) is 11.2 Å². The van der Waals surface area contributed by atoms with E-state index in [-0.39, 0.29) is 11.9 Å². The molecule has 0 fully saturated rings. The van der Waals surface area contributed by atoms with E-state index < -0.39 is 0 Å². The second kappa shape index (κ2) is 6.76. The third kappa shape index (κ3) is 2.93. The molecule has 0 aliphatic rings. The van der Waals surface area contributed by atoms with Gasteiger partial charge in [0.25, 0.3) is 5.91 Å². The second-order valence-corrected chi connectivity index (χ2v) is 5.97. The smallest absolute Gasteiger partial charge is 0.257 e. The van der Waals surface area contributed by atoms with Crippen LogP contribution in [0.15, 0.2) is 73.3 Å². The number of pyridine rings is 1. The van der Waals surface area contributed by atoms with Crippen molar-refractivity contribution in [2.45, 2.75) is 13.0 Å². The first-order valence-electron chi connectivity index (χ1n) is 8.33. The first-order valence-corrected chi connectivity index (χ1v) is 8.33. The molecular formula is C20H17N5O. The summed E-state index contributed by atoms with van der Waals surface area (Å²) in [5.74, 6) is -0.206. The molecule has 4 aromatic rings. The summed E-state index contributed by atoms with van der Waals surface area (Å²) in [5, 5.41) is 7.37. The van der Waals surface area contributed by atoms with Crippen molar-refractivity contribution in [1.29, 1.82) is 0 Å². The lowest BCUT2D eigenvalue weighted by molar-refractivity contribution is 0.0941. The van der Waals surface area contributed by atoms with Crippen molar-refractivity contribution in [2.75, 3.05) is 0 Å². The van der Waals surface area contributed by atoms with Crippen LogP contribution in [0.2, 0.25) is 0 Å². The van der Waals surface area contributed by atoms with Crippen molar-refractivity contribution in [3.05, 3.63) is 84.4 Å². The van der Waals surface area contributed by atoms with Crippen LogP contribution in [-0.2, 0) is 0 Å². The van der Waals surface area contributed by atoms with Gasteiger partial charge in [-0.05, 0) is 30.7 Å². The first-order chi connectivity index (χ1) is 12.7. The average Bonchev–Trinajstić information content (AvgIpc) is 3.13. The summed E-state index contributed by atoms with van der Waals surface area (Å²) in [6.45, 7) is 1.93. The van der Waals surface area contributed by atoms with Crippen LogP contribution in [0.1, 0.15) is 28.9 Å². The van der Waals surface area contributed by atoms with Crippen LogP contribution in [0.5, 0.6) is 0 Å². The molecule has 6 nitrogen and oxygen atoms in total. The van der Waals surface area contributed by atoms with Gasteiger partial charge in [0.15, 0.2) is 5.65 Å². The van der Waals surface area contributed by atoms with E-state index in [1.807, 2.05) is 55.5 Å². The molecule has 1 aromatic carbocycles. The highest BCUT2D eigenvalue weighted by Crippen LogP contribution is 2.21. The summed E-state index contributed by atoms with van der Waals surface area (Å²) in [7, 11) is 0. The zero-order valence-electron chi connectivity index (χ0n) is 14.2. The van der Waals surface area contributed by atoms with Gasteiger partial charge >= 0.3 is 0 Å². The molecule has 0 radical (unpaired) electrons. The number of carbonyl (C=O) groups is 1. The van der Waals surface area contributed by atoms with Crippen molar-refractivity contribution < 1.29 is 4.79 Å². The third-order valence-electron chi connectivity index (χ3n) is 4.27. The molecule has 1 amide bonds. The summed E-state index contributed by atoms with van der Waals surface area (Å²) in [6.07, 6.45) is 6.67. The van der Waals surface area contributed by atoms with E-state index in [0.717, 1.165) is 16.8 Å². The van der Waals surface area contributed by atoms with E-state index in [2.05, 4.69) is 20.4 Å². The van der Waals surface area contributed by atoms with Gasteiger partial charge in [-0.2, -0.15) is 5.10 Å². The number of hydrogen-bond acceptors (Lipinski definition) is 4. The van der Waals surface area contributed by atoms with E-state index in [1.165, 1.54) is 0 Å². The number of amides is 1. The Morgan fingerprint density at radius 3 is 2.58 bits per heavy atom. The van der Waals surface area contributed by atoms with Gasteiger partial charge in [-0.3, -0.25) is 9.78 Å². The van der Waals surface area contributed by atoms with Gasteiger partial charge in [0, 0.05) is 24.2 Å².